The number of rotatable bonds is 5. The molecular weight excluding hydrogens is 304 g/mol. The van der Waals surface area contributed by atoms with Gasteiger partial charge in [0.1, 0.15) is 0 Å². The average Bonchev–Trinajstić information content (AvgIpc) is 2.57. The molecule has 0 spiro atoms. The van der Waals surface area contributed by atoms with Crippen LogP contribution in [-0.4, -0.2) is 35.4 Å². The van der Waals surface area contributed by atoms with Gasteiger partial charge < -0.3 is 15.3 Å². The minimum Gasteiger partial charge on any atom is -0.378 e. The molecule has 0 heterocycles. The number of anilines is 1. The number of nitrogens with one attached hydrogen (secondary N) is 1. The SMILES string of the molecule is Cc1cccc(C)c1NC(=O)CN(C)C(=O)C(O)c1ccccc1. The van der Waals surface area contributed by atoms with E-state index in [1.807, 2.05) is 38.1 Å². The van der Waals surface area contributed by atoms with E-state index in [-0.39, 0.29) is 12.5 Å². The molecule has 24 heavy (non-hydrogen) atoms. The van der Waals surface area contributed by atoms with Crippen LogP contribution in [0.3, 0.4) is 0 Å². The number of carbonyl (C=O) groups excluding carboxylic acids is 2. The molecule has 0 fully saturated rings. The number of aliphatic hydroxyl groups excluding tert-OH is 1. The van der Waals surface area contributed by atoms with Crippen molar-refractivity contribution in [1.29, 1.82) is 0 Å². The summed E-state index contributed by atoms with van der Waals surface area (Å²) >= 11 is 0. The van der Waals surface area contributed by atoms with E-state index >= 15 is 0 Å². The predicted octanol–water partition coefficient (Wildman–Crippen LogP) is 2.43. The third kappa shape index (κ3) is 4.20. The van der Waals surface area contributed by atoms with Crippen molar-refractivity contribution in [2.45, 2.75) is 20.0 Å². The zero-order chi connectivity index (χ0) is 17.7. The topological polar surface area (TPSA) is 69.6 Å². The van der Waals surface area contributed by atoms with Crippen LogP contribution in [0.4, 0.5) is 5.69 Å². The van der Waals surface area contributed by atoms with Crippen molar-refractivity contribution in [3.63, 3.8) is 0 Å². The number of hydrogen-bond acceptors (Lipinski definition) is 3. The monoisotopic (exact) mass is 326 g/mol. The molecule has 1 atom stereocenters. The number of para-hydroxylation sites is 1. The van der Waals surface area contributed by atoms with Gasteiger partial charge in [-0.1, -0.05) is 48.5 Å². The molecule has 2 aromatic carbocycles. The Balaban J connectivity index is 2.00. The smallest absolute Gasteiger partial charge is 0.256 e. The lowest BCUT2D eigenvalue weighted by molar-refractivity contribution is -0.141. The molecule has 1 unspecified atom stereocenters. The first-order valence-corrected chi connectivity index (χ1v) is 7.74. The Morgan fingerprint density at radius 2 is 1.62 bits per heavy atom. The molecule has 0 aliphatic rings. The normalized spacial score (nSPS) is 11.7. The second-order valence-corrected chi connectivity index (χ2v) is 5.82. The molecule has 2 rings (SSSR count). The van der Waals surface area contributed by atoms with Gasteiger partial charge in [0.2, 0.25) is 5.91 Å². The van der Waals surface area contributed by atoms with E-state index in [1.165, 1.54) is 11.9 Å². The number of likely N-dealkylation sites (N-methyl/N-ethyl adjacent to an activating group) is 1. The highest BCUT2D eigenvalue weighted by Gasteiger charge is 2.22. The van der Waals surface area contributed by atoms with Crippen molar-refractivity contribution in [3.8, 4) is 0 Å². The molecule has 0 saturated heterocycles. The van der Waals surface area contributed by atoms with Crippen LogP contribution in [0, 0.1) is 13.8 Å². The maximum atomic E-state index is 12.3. The highest BCUT2D eigenvalue weighted by molar-refractivity contribution is 5.96. The zero-order valence-corrected chi connectivity index (χ0v) is 14.1. The maximum Gasteiger partial charge on any atom is 0.256 e. The Bertz CT molecular complexity index is 708. The van der Waals surface area contributed by atoms with Crippen molar-refractivity contribution < 1.29 is 14.7 Å². The largest absolute Gasteiger partial charge is 0.378 e. The van der Waals surface area contributed by atoms with Crippen molar-refractivity contribution in [3.05, 3.63) is 65.2 Å². The number of benzene rings is 2. The van der Waals surface area contributed by atoms with Gasteiger partial charge in [0.15, 0.2) is 6.10 Å². The molecule has 2 aromatic rings. The van der Waals surface area contributed by atoms with Crippen molar-refractivity contribution in [1.82, 2.24) is 4.90 Å². The maximum absolute atomic E-state index is 12.3. The van der Waals surface area contributed by atoms with Gasteiger partial charge in [-0.15, -0.1) is 0 Å². The lowest BCUT2D eigenvalue weighted by Crippen LogP contribution is -2.38. The third-order valence-electron chi connectivity index (χ3n) is 3.85. The van der Waals surface area contributed by atoms with E-state index < -0.39 is 12.0 Å². The van der Waals surface area contributed by atoms with Crippen LogP contribution < -0.4 is 5.32 Å². The van der Waals surface area contributed by atoms with Crippen molar-refractivity contribution >= 4 is 17.5 Å². The second kappa shape index (κ2) is 7.75. The summed E-state index contributed by atoms with van der Waals surface area (Å²) in [7, 11) is 1.50. The van der Waals surface area contributed by atoms with Gasteiger partial charge in [-0.3, -0.25) is 9.59 Å². The van der Waals surface area contributed by atoms with Crippen LogP contribution in [-0.2, 0) is 9.59 Å². The Morgan fingerprint density at radius 1 is 1.04 bits per heavy atom. The molecule has 5 nitrogen and oxygen atoms in total. The Kier molecular flexibility index (Phi) is 5.71. The Hall–Kier alpha value is -2.66. The quantitative estimate of drug-likeness (QED) is 0.886. The molecular formula is C19H22N2O3. The van der Waals surface area contributed by atoms with E-state index in [0.717, 1.165) is 16.8 Å². The molecule has 0 aliphatic carbocycles. The van der Waals surface area contributed by atoms with Crippen LogP contribution in [0.25, 0.3) is 0 Å². The number of aryl methyl sites for hydroxylation is 2. The highest BCUT2D eigenvalue weighted by Crippen LogP contribution is 2.19. The van der Waals surface area contributed by atoms with E-state index in [4.69, 9.17) is 0 Å². The summed E-state index contributed by atoms with van der Waals surface area (Å²) in [4.78, 5) is 25.7. The van der Waals surface area contributed by atoms with Crippen LogP contribution in [0.1, 0.15) is 22.8 Å². The summed E-state index contributed by atoms with van der Waals surface area (Å²) in [6.45, 7) is 3.70. The van der Waals surface area contributed by atoms with E-state index in [2.05, 4.69) is 5.32 Å². The summed E-state index contributed by atoms with van der Waals surface area (Å²) in [5, 5.41) is 13.0. The molecule has 2 amide bonds. The van der Waals surface area contributed by atoms with Gasteiger partial charge in [0.05, 0.1) is 6.54 Å². The predicted molar refractivity (Wildman–Crippen MR) is 93.6 cm³/mol. The number of carbonyl (C=O) groups is 2. The summed E-state index contributed by atoms with van der Waals surface area (Å²) in [6, 6.07) is 14.4. The number of hydrogen-bond donors (Lipinski definition) is 2. The second-order valence-electron chi connectivity index (χ2n) is 5.82. The standard InChI is InChI=1S/C19H22N2O3/c1-13-8-7-9-14(2)17(13)20-16(22)12-21(3)19(24)18(23)15-10-5-4-6-11-15/h4-11,18,23H,12H2,1-3H3,(H,20,22). The van der Waals surface area contributed by atoms with Crippen molar-refractivity contribution in [2.24, 2.45) is 0 Å². The fourth-order valence-electron chi connectivity index (χ4n) is 2.47. The summed E-state index contributed by atoms with van der Waals surface area (Å²) < 4.78 is 0. The molecule has 0 saturated carbocycles. The summed E-state index contributed by atoms with van der Waals surface area (Å²) in [5.74, 6) is -0.818. The third-order valence-corrected chi connectivity index (χ3v) is 3.85. The highest BCUT2D eigenvalue weighted by atomic mass is 16.3. The van der Waals surface area contributed by atoms with E-state index in [9.17, 15) is 14.7 Å². The van der Waals surface area contributed by atoms with Gasteiger partial charge in [-0.2, -0.15) is 0 Å². The average molecular weight is 326 g/mol. The van der Waals surface area contributed by atoms with Gasteiger partial charge in [0.25, 0.3) is 5.91 Å². The van der Waals surface area contributed by atoms with E-state index in [1.54, 1.807) is 24.3 Å². The molecule has 0 aliphatic heterocycles. The van der Waals surface area contributed by atoms with Crippen LogP contribution in [0.2, 0.25) is 0 Å². The minimum absolute atomic E-state index is 0.128. The first-order valence-electron chi connectivity index (χ1n) is 7.74. The summed E-state index contributed by atoms with van der Waals surface area (Å²) in [5.41, 5.74) is 3.18. The lowest BCUT2D eigenvalue weighted by atomic mass is 10.1. The zero-order valence-electron chi connectivity index (χ0n) is 14.1. The van der Waals surface area contributed by atoms with E-state index in [0.29, 0.717) is 5.56 Å². The molecule has 2 N–H and O–H groups in total. The van der Waals surface area contributed by atoms with Gasteiger partial charge >= 0.3 is 0 Å². The first-order chi connectivity index (χ1) is 11.4. The van der Waals surface area contributed by atoms with Gasteiger partial charge in [-0.25, -0.2) is 0 Å². The molecule has 126 valence electrons. The molecule has 5 heteroatoms. The fraction of sp³-hybridized carbons (Fsp3) is 0.263. The van der Waals surface area contributed by atoms with Gasteiger partial charge in [-0.05, 0) is 30.5 Å². The van der Waals surface area contributed by atoms with Gasteiger partial charge in [0, 0.05) is 12.7 Å². The van der Waals surface area contributed by atoms with Crippen LogP contribution >= 0.6 is 0 Å². The first kappa shape index (κ1) is 17.7. The Labute approximate surface area is 141 Å². The van der Waals surface area contributed by atoms with Crippen LogP contribution in [0.15, 0.2) is 48.5 Å². The van der Waals surface area contributed by atoms with Crippen molar-refractivity contribution in [2.75, 3.05) is 18.9 Å². The Morgan fingerprint density at radius 3 is 2.21 bits per heavy atom. The minimum atomic E-state index is -1.27. The molecule has 0 aromatic heterocycles. The number of amides is 2. The van der Waals surface area contributed by atoms with Crippen LogP contribution in [0.5, 0.6) is 0 Å². The number of nitrogens with zero attached hydrogens (tertiary/aromatic N) is 1. The molecule has 0 radical (unpaired) electrons. The summed E-state index contributed by atoms with van der Waals surface area (Å²) in [6.07, 6.45) is -1.27. The lowest BCUT2D eigenvalue weighted by Gasteiger charge is -2.21. The fourth-order valence-corrected chi connectivity index (χ4v) is 2.47. The molecule has 0 bridgehead atoms. The number of aliphatic hydroxyl groups is 1.